The van der Waals surface area contributed by atoms with E-state index in [9.17, 15) is 18.0 Å². The average molecular weight is 492 g/mol. The zero-order valence-corrected chi connectivity index (χ0v) is 19.4. The maximum absolute atomic E-state index is 13.4. The Morgan fingerprint density at radius 2 is 1.91 bits per heavy atom. The van der Waals surface area contributed by atoms with Gasteiger partial charge in [-0.05, 0) is 62.8 Å². The van der Waals surface area contributed by atoms with Gasteiger partial charge in [0.2, 0.25) is 0 Å². The summed E-state index contributed by atoms with van der Waals surface area (Å²) in [5.41, 5.74) is 1.22. The Hall–Kier alpha value is -2.81. The first-order valence-corrected chi connectivity index (χ1v) is 11.8. The van der Waals surface area contributed by atoms with Crippen LogP contribution in [-0.2, 0) is 13.2 Å². The highest BCUT2D eigenvalue weighted by atomic mass is 35.5. The number of nitrogens with zero attached hydrogens (tertiary/aromatic N) is 3. The molecule has 0 aliphatic heterocycles. The minimum absolute atomic E-state index is 0.0789. The molecule has 6 nitrogen and oxygen atoms in total. The molecule has 2 atom stereocenters. The standard InChI is InChI=1S/C24H25ClF3N5O/c1-33-22(13-5-6-13)18(12-29-33)23(34)31-16-4-2-3-15(10-16)30-20-11-21(24(26,27)28)32-19-8-7-14(25)9-17(19)20/h7-9,11-13,15-16H,2-6,10H2,1H3,(H,30,32)(H,31,34)/t15-,16+/m0/s1. The number of pyridine rings is 1. The Labute approximate surface area is 199 Å². The SMILES string of the molecule is Cn1ncc(C(=O)N[C@@H]2CCC[C@H](Nc3cc(C(F)(F)F)nc4ccc(Cl)cc34)C2)c1C1CC1. The molecule has 2 aliphatic rings. The number of halogens is 4. The van der Waals surface area contributed by atoms with Gasteiger partial charge in [0.1, 0.15) is 5.69 Å². The second-order valence-corrected chi connectivity index (χ2v) is 9.67. The lowest BCUT2D eigenvalue weighted by molar-refractivity contribution is -0.140. The van der Waals surface area contributed by atoms with Gasteiger partial charge in [0.05, 0.1) is 23.0 Å². The molecule has 0 radical (unpaired) electrons. The smallest absolute Gasteiger partial charge is 0.382 e. The van der Waals surface area contributed by atoms with E-state index in [1.54, 1.807) is 16.9 Å². The molecule has 0 spiro atoms. The average Bonchev–Trinajstić information content (AvgIpc) is 3.54. The van der Waals surface area contributed by atoms with E-state index in [0.717, 1.165) is 43.9 Å². The molecule has 2 aromatic heterocycles. The van der Waals surface area contributed by atoms with Crippen molar-refractivity contribution in [3.05, 3.63) is 52.4 Å². The van der Waals surface area contributed by atoms with Crippen molar-refractivity contribution in [1.29, 1.82) is 0 Å². The van der Waals surface area contributed by atoms with Crippen molar-refractivity contribution in [1.82, 2.24) is 20.1 Å². The number of aromatic nitrogens is 3. The van der Waals surface area contributed by atoms with Gasteiger partial charge in [-0.15, -0.1) is 0 Å². The summed E-state index contributed by atoms with van der Waals surface area (Å²) < 4.78 is 42.1. The van der Waals surface area contributed by atoms with E-state index in [2.05, 4.69) is 20.7 Å². The third-order valence-electron chi connectivity index (χ3n) is 6.62. The second kappa shape index (κ2) is 8.76. The summed E-state index contributed by atoms with van der Waals surface area (Å²) in [5, 5.41) is 11.6. The van der Waals surface area contributed by atoms with Crippen molar-refractivity contribution in [2.75, 3.05) is 5.32 Å². The molecule has 10 heteroatoms. The number of fused-ring (bicyclic) bond motifs is 1. The summed E-state index contributed by atoms with van der Waals surface area (Å²) in [4.78, 5) is 16.7. The minimum atomic E-state index is -4.56. The van der Waals surface area contributed by atoms with Crippen LogP contribution in [0.1, 0.15) is 66.2 Å². The predicted octanol–water partition coefficient (Wildman–Crippen LogP) is 5.67. The van der Waals surface area contributed by atoms with Gasteiger partial charge in [0.25, 0.3) is 5.91 Å². The summed E-state index contributed by atoms with van der Waals surface area (Å²) in [6.07, 6.45) is 2.26. The van der Waals surface area contributed by atoms with E-state index in [1.807, 2.05) is 7.05 Å². The predicted molar refractivity (Wildman–Crippen MR) is 124 cm³/mol. The Morgan fingerprint density at radius 1 is 1.15 bits per heavy atom. The highest BCUT2D eigenvalue weighted by molar-refractivity contribution is 6.31. The highest BCUT2D eigenvalue weighted by Gasteiger charge is 2.35. The van der Waals surface area contributed by atoms with Crippen LogP contribution in [-0.4, -0.2) is 32.8 Å². The van der Waals surface area contributed by atoms with Gasteiger partial charge in [0.15, 0.2) is 0 Å². The summed E-state index contributed by atoms with van der Waals surface area (Å²) in [6.45, 7) is 0. The van der Waals surface area contributed by atoms with Crippen molar-refractivity contribution in [2.45, 2.75) is 62.7 Å². The number of anilines is 1. The number of benzene rings is 1. The molecule has 2 heterocycles. The van der Waals surface area contributed by atoms with Gasteiger partial charge in [-0.1, -0.05) is 11.6 Å². The lowest BCUT2D eigenvalue weighted by Gasteiger charge is -2.31. The molecule has 0 unspecified atom stereocenters. The number of alkyl halides is 3. The number of aryl methyl sites for hydroxylation is 1. The van der Waals surface area contributed by atoms with Crippen molar-refractivity contribution in [3.8, 4) is 0 Å². The van der Waals surface area contributed by atoms with Crippen LogP contribution in [0.4, 0.5) is 18.9 Å². The van der Waals surface area contributed by atoms with Crippen molar-refractivity contribution < 1.29 is 18.0 Å². The largest absolute Gasteiger partial charge is 0.433 e. The second-order valence-electron chi connectivity index (χ2n) is 9.23. The Balaban J connectivity index is 1.34. The lowest BCUT2D eigenvalue weighted by atomic mass is 9.90. The van der Waals surface area contributed by atoms with Crippen molar-refractivity contribution in [3.63, 3.8) is 0 Å². The van der Waals surface area contributed by atoms with Gasteiger partial charge < -0.3 is 10.6 Å². The van der Waals surface area contributed by atoms with Crippen molar-refractivity contribution >= 4 is 34.1 Å². The van der Waals surface area contributed by atoms with E-state index in [-0.39, 0.29) is 23.5 Å². The third kappa shape index (κ3) is 4.71. The summed E-state index contributed by atoms with van der Waals surface area (Å²) in [6, 6.07) is 5.51. The van der Waals surface area contributed by atoms with Crippen LogP contribution in [0.25, 0.3) is 10.9 Å². The number of carbonyl (C=O) groups excluding carboxylic acids is 1. The molecule has 2 fully saturated rings. The number of carbonyl (C=O) groups is 1. The molecular weight excluding hydrogens is 467 g/mol. The number of nitrogens with one attached hydrogen (secondary N) is 2. The lowest BCUT2D eigenvalue weighted by Crippen LogP contribution is -2.42. The van der Waals surface area contributed by atoms with Gasteiger partial charge in [-0.25, -0.2) is 4.98 Å². The Bertz CT molecular complexity index is 1240. The number of amides is 1. The number of hydrogen-bond donors (Lipinski definition) is 2. The Morgan fingerprint density at radius 3 is 2.65 bits per heavy atom. The molecular formula is C24H25ClF3N5O. The fourth-order valence-electron chi connectivity index (χ4n) is 4.86. The maximum Gasteiger partial charge on any atom is 0.433 e. The van der Waals surface area contributed by atoms with E-state index < -0.39 is 11.9 Å². The van der Waals surface area contributed by atoms with Gasteiger partial charge >= 0.3 is 6.18 Å². The van der Waals surface area contributed by atoms with Gasteiger partial charge in [0, 0.05) is 41.1 Å². The first-order chi connectivity index (χ1) is 16.2. The van der Waals surface area contributed by atoms with Crippen LogP contribution in [0, 0.1) is 0 Å². The van der Waals surface area contributed by atoms with Crippen LogP contribution >= 0.6 is 11.6 Å². The fraction of sp³-hybridized carbons (Fsp3) is 0.458. The molecule has 2 N–H and O–H groups in total. The van der Waals surface area contributed by atoms with E-state index >= 15 is 0 Å². The van der Waals surface area contributed by atoms with Crippen LogP contribution in [0.3, 0.4) is 0 Å². The van der Waals surface area contributed by atoms with Crippen LogP contribution in [0.2, 0.25) is 5.02 Å². The molecule has 0 saturated heterocycles. The van der Waals surface area contributed by atoms with E-state index in [1.165, 1.54) is 12.1 Å². The molecule has 0 bridgehead atoms. The number of rotatable bonds is 5. The zero-order chi connectivity index (χ0) is 24.0. The molecule has 2 saturated carbocycles. The van der Waals surface area contributed by atoms with Crippen molar-refractivity contribution in [2.24, 2.45) is 7.05 Å². The number of hydrogen-bond acceptors (Lipinski definition) is 4. The van der Waals surface area contributed by atoms with Crippen LogP contribution < -0.4 is 10.6 Å². The minimum Gasteiger partial charge on any atom is -0.382 e. The zero-order valence-electron chi connectivity index (χ0n) is 18.6. The van der Waals surface area contributed by atoms with Crippen LogP contribution in [0.15, 0.2) is 30.5 Å². The quantitative estimate of drug-likeness (QED) is 0.482. The van der Waals surface area contributed by atoms with Gasteiger partial charge in [-0.2, -0.15) is 18.3 Å². The molecule has 1 amide bonds. The normalized spacial score (nSPS) is 21.0. The third-order valence-corrected chi connectivity index (χ3v) is 6.86. The topological polar surface area (TPSA) is 71.8 Å². The summed E-state index contributed by atoms with van der Waals surface area (Å²) >= 11 is 6.11. The summed E-state index contributed by atoms with van der Waals surface area (Å²) in [5.74, 6) is 0.254. The monoisotopic (exact) mass is 491 g/mol. The molecule has 34 heavy (non-hydrogen) atoms. The van der Waals surface area contributed by atoms with E-state index in [4.69, 9.17) is 11.6 Å². The van der Waals surface area contributed by atoms with E-state index in [0.29, 0.717) is 34.0 Å². The first-order valence-electron chi connectivity index (χ1n) is 11.5. The van der Waals surface area contributed by atoms with Crippen LogP contribution in [0.5, 0.6) is 0 Å². The molecule has 180 valence electrons. The summed E-state index contributed by atoms with van der Waals surface area (Å²) in [7, 11) is 1.85. The highest BCUT2D eigenvalue weighted by Crippen LogP contribution is 2.41. The molecule has 5 rings (SSSR count). The first kappa shape index (κ1) is 23.0. The maximum atomic E-state index is 13.4. The molecule has 3 aromatic rings. The Kier molecular flexibility index (Phi) is 5.91. The van der Waals surface area contributed by atoms with Gasteiger partial charge in [-0.3, -0.25) is 9.48 Å². The molecule has 1 aromatic carbocycles. The molecule has 2 aliphatic carbocycles. The fourth-order valence-corrected chi connectivity index (χ4v) is 5.03.